The summed E-state index contributed by atoms with van der Waals surface area (Å²) in [6.07, 6.45) is 5.43. The van der Waals surface area contributed by atoms with Gasteiger partial charge in [-0.05, 0) is 31.4 Å². The molecule has 2 aromatic rings. The topological polar surface area (TPSA) is 64.9 Å². The molecule has 1 fully saturated rings. The van der Waals surface area contributed by atoms with Gasteiger partial charge < -0.3 is 10.3 Å². The standard InChI is InChI=1S/C16H21N3OS/c1-12-7-3-4-8-13(12)21-11-14-18-15(20-19-14)16(17)9-5-2-6-10-16/h3-4,7-8H,2,5-6,9-11,17H2,1H3. The smallest absolute Gasteiger partial charge is 0.246 e. The van der Waals surface area contributed by atoms with E-state index in [1.807, 2.05) is 12.1 Å². The summed E-state index contributed by atoms with van der Waals surface area (Å²) in [5.74, 6) is 2.06. The molecular weight excluding hydrogens is 282 g/mol. The first kappa shape index (κ1) is 14.6. The molecule has 21 heavy (non-hydrogen) atoms. The fraction of sp³-hybridized carbons (Fsp3) is 0.500. The van der Waals surface area contributed by atoms with Crippen molar-refractivity contribution in [2.45, 2.75) is 55.2 Å². The molecule has 1 aliphatic rings. The molecule has 0 bridgehead atoms. The van der Waals surface area contributed by atoms with Crippen molar-refractivity contribution in [1.82, 2.24) is 10.1 Å². The minimum Gasteiger partial charge on any atom is -0.337 e. The highest BCUT2D eigenvalue weighted by Crippen LogP contribution is 2.34. The van der Waals surface area contributed by atoms with Gasteiger partial charge in [-0.25, -0.2) is 0 Å². The van der Waals surface area contributed by atoms with Gasteiger partial charge in [-0.3, -0.25) is 0 Å². The van der Waals surface area contributed by atoms with Gasteiger partial charge in [0, 0.05) is 4.90 Å². The van der Waals surface area contributed by atoms with Gasteiger partial charge in [-0.15, -0.1) is 11.8 Å². The largest absolute Gasteiger partial charge is 0.337 e. The Hall–Kier alpha value is -1.33. The summed E-state index contributed by atoms with van der Waals surface area (Å²) >= 11 is 1.73. The molecule has 5 heteroatoms. The van der Waals surface area contributed by atoms with E-state index in [0.717, 1.165) is 31.5 Å². The fourth-order valence-electron chi connectivity index (χ4n) is 2.77. The fourth-order valence-corrected chi connectivity index (χ4v) is 3.64. The normalized spacial score (nSPS) is 17.8. The minimum absolute atomic E-state index is 0.406. The zero-order valence-electron chi connectivity index (χ0n) is 12.3. The van der Waals surface area contributed by atoms with Crippen LogP contribution < -0.4 is 5.73 Å². The number of aromatic nitrogens is 2. The minimum atomic E-state index is -0.406. The van der Waals surface area contributed by atoms with E-state index in [2.05, 4.69) is 29.2 Å². The van der Waals surface area contributed by atoms with Crippen molar-refractivity contribution in [2.75, 3.05) is 0 Å². The molecule has 3 rings (SSSR count). The van der Waals surface area contributed by atoms with Crippen LogP contribution in [0.15, 0.2) is 33.7 Å². The van der Waals surface area contributed by atoms with Gasteiger partial charge in [-0.2, -0.15) is 4.98 Å². The average Bonchev–Trinajstić information content (AvgIpc) is 2.97. The molecule has 0 unspecified atom stereocenters. The average molecular weight is 303 g/mol. The highest BCUT2D eigenvalue weighted by Gasteiger charge is 2.35. The Morgan fingerprint density at radius 1 is 1.24 bits per heavy atom. The van der Waals surface area contributed by atoms with Gasteiger partial charge in [0.2, 0.25) is 5.89 Å². The lowest BCUT2D eigenvalue weighted by atomic mass is 9.82. The molecule has 1 heterocycles. The Labute approximate surface area is 129 Å². The molecule has 0 amide bonds. The highest BCUT2D eigenvalue weighted by molar-refractivity contribution is 7.98. The van der Waals surface area contributed by atoms with Crippen LogP contribution >= 0.6 is 11.8 Å². The number of thioether (sulfide) groups is 1. The molecule has 112 valence electrons. The van der Waals surface area contributed by atoms with E-state index in [0.29, 0.717) is 11.6 Å². The quantitative estimate of drug-likeness (QED) is 0.871. The predicted molar refractivity (Wildman–Crippen MR) is 84.0 cm³/mol. The second-order valence-electron chi connectivity index (χ2n) is 5.79. The number of rotatable bonds is 4. The van der Waals surface area contributed by atoms with Crippen molar-refractivity contribution in [2.24, 2.45) is 5.73 Å². The van der Waals surface area contributed by atoms with Crippen LogP contribution in [0.1, 0.15) is 49.4 Å². The third-order valence-corrected chi connectivity index (χ3v) is 5.26. The number of nitrogens with two attached hydrogens (primary N) is 1. The molecule has 0 aliphatic heterocycles. The van der Waals surface area contributed by atoms with Crippen LogP contribution in [0.2, 0.25) is 0 Å². The number of hydrogen-bond acceptors (Lipinski definition) is 5. The summed E-state index contributed by atoms with van der Waals surface area (Å²) in [6.45, 7) is 2.11. The third kappa shape index (κ3) is 3.30. The predicted octanol–water partition coefficient (Wildman–Crippen LogP) is 3.79. The zero-order valence-corrected chi connectivity index (χ0v) is 13.2. The number of benzene rings is 1. The molecular formula is C16H21N3OS. The summed E-state index contributed by atoms with van der Waals surface area (Å²) in [4.78, 5) is 5.78. The number of nitrogens with zero attached hydrogens (tertiary/aromatic N) is 2. The second-order valence-corrected chi connectivity index (χ2v) is 6.80. The van der Waals surface area contributed by atoms with Gasteiger partial charge >= 0.3 is 0 Å². The van der Waals surface area contributed by atoms with Gasteiger partial charge in [0.05, 0.1) is 11.3 Å². The van der Waals surface area contributed by atoms with E-state index in [4.69, 9.17) is 10.3 Å². The van der Waals surface area contributed by atoms with Crippen LogP contribution in [-0.2, 0) is 11.3 Å². The summed E-state index contributed by atoms with van der Waals surface area (Å²) in [5, 5.41) is 4.09. The molecule has 4 nitrogen and oxygen atoms in total. The number of hydrogen-bond donors (Lipinski definition) is 1. The van der Waals surface area contributed by atoms with E-state index < -0.39 is 5.54 Å². The van der Waals surface area contributed by atoms with Crippen molar-refractivity contribution in [3.63, 3.8) is 0 Å². The molecule has 1 aromatic heterocycles. The molecule has 0 saturated heterocycles. The molecule has 1 aromatic carbocycles. The van der Waals surface area contributed by atoms with Gasteiger partial charge in [0.15, 0.2) is 5.82 Å². The van der Waals surface area contributed by atoms with E-state index in [-0.39, 0.29) is 0 Å². The summed E-state index contributed by atoms with van der Waals surface area (Å²) < 4.78 is 5.43. The van der Waals surface area contributed by atoms with Crippen LogP contribution in [0.5, 0.6) is 0 Å². The molecule has 2 N–H and O–H groups in total. The van der Waals surface area contributed by atoms with Crippen LogP contribution in [0, 0.1) is 6.92 Å². The van der Waals surface area contributed by atoms with Crippen molar-refractivity contribution >= 4 is 11.8 Å². The molecule has 0 radical (unpaired) electrons. The maximum Gasteiger partial charge on any atom is 0.246 e. The van der Waals surface area contributed by atoms with Gasteiger partial charge in [-0.1, -0.05) is 42.6 Å². The van der Waals surface area contributed by atoms with Crippen LogP contribution in [-0.4, -0.2) is 10.1 Å². The Kier molecular flexibility index (Phi) is 4.31. The van der Waals surface area contributed by atoms with Crippen molar-refractivity contribution in [3.8, 4) is 0 Å². The van der Waals surface area contributed by atoms with Crippen LogP contribution in [0.25, 0.3) is 0 Å². The third-order valence-electron chi connectivity index (χ3n) is 4.09. The Morgan fingerprint density at radius 3 is 2.76 bits per heavy atom. The first-order chi connectivity index (χ1) is 10.2. The lowest BCUT2D eigenvalue weighted by molar-refractivity contribution is 0.219. The lowest BCUT2D eigenvalue weighted by Crippen LogP contribution is -2.38. The summed E-state index contributed by atoms with van der Waals surface area (Å²) in [7, 11) is 0. The van der Waals surface area contributed by atoms with Crippen LogP contribution in [0.3, 0.4) is 0 Å². The first-order valence-electron chi connectivity index (χ1n) is 7.48. The maximum atomic E-state index is 6.42. The van der Waals surface area contributed by atoms with Gasteiger partial charge in [0.1, 0.15) is 0 Å². The Morgan fingerprint density at radius 2 is 2.00 bits per heavy atom. The zero-order chi connectivity index (χ0) is 14.7. The monoisotopic (exact) mass is 303 g/mol. The van der Waals surface area contributed by atoms with Crippen molar-refractivity contribution in [3.05, 3.63) is 41.5 Å². The molecule has 1 aliphatic carbocycles. The Bertz CT molecular complexity index is 605. The second kappa shape index (κ2) is 6.20. The summed E-state index contributed by atoms with van der Waals surface area (Å²) in [5.41, 5.74) is 7.29. The van der Waals surface area contributed by atoms with Gasteiger partial charge in [0.25, 0.3) is 0 Å². The van der Waals surface area contributed by atoms with E-state index in [1.54, 1.807) is 11.8 Å². The highest BCUT2D eigenvalue weighted by atomic mass is 32.2. The van der Waals surface area contributed by atoms with E-state index in [1.165, 1.54) is 16.9 Å². The van der Waals surface area contributed by atoms with Crippen LogP contribution in [0.4, 0.5) is 0 Å². The van der Waals surface area contributed by atoms with E-state index >= 15 is 0 Å². The molecule has 0 spiro atoms. The maximum absolute atomic E-state index is 6.42. The molecule has 0 atom stereocenters. The van der Waals surface area contributed by atoms with Crippen molar-refractivity contribution in [1.29, 1.82) is 0 Å². The number of aryl methyl sites for hydroxylation is 1. The SMILES string of the molecule is Cc1ccccc1SCc1noc(C2(N)CCCCC2)n1. The Balaban J connectivity index is 1.67. The summed E-state index contributed by atoms with van der Waals surface area (Å²) in [6, 6.07) is 8.33. The molecule has 1 saturated carbocycles. The lowest BCUT2D eigenvalue weighted by Gasteiger charge is -2.29. The van der Waals surface area contributed by atoms with Crippen molar-refractivity contribution < 1.29 is 4.52 Å². The first-order valence-corrected chi connectivity index (χ1v) is 8.46. The van der Waals surface area contributed by atoms with E-state index in [9.17, 15) is 0 Å².